The van der Waals surface area contributed by atoms with E-state index in [1.54, 1.807) is 18.3 Å². The van der Waals surface area contributed by atoms with Crippen LogP contribution in [0.5, 0.6) is 0 Å². The zero-order valence-corrected chi connectivity index (χ0v) is 9.22. The molecule has 0 N–H and O–H groups in total. The number of thiol groups is 1. The summed E-state index contributed by atoms with van der Waals surface area (Å²) in [6, 6.07) is 6.99. The van der Waals surface area contributed by atoms with Gasteiger partial charge in [-0.05, 0) is 29.8 Å². The van der Waals surface area contributed by atoms with Crippen molar-refractivity contribution in [2.45, 2.75) is 5.75 Å². The van der Waals surface area contributed by atoms with Crippen LogP contribution in [0.15, 0.2) is 36.5 Å². The van der Waals surface area contributed by atoms with Crippen molar-refractivity contribution in [1.29, 1.82) is 0 Å². The van der Waals surface area contributed by atoms with E-state index in [1.807, 2.05) is 0 Å². The van der Waals surface area contributed by atoms with Crippen molar-refractivity contribution < 1.29 is 8.78 Å². The smallest absolute Gasteiger partial charge is 0.135 e. The zero-order chi connectivity index (χ0) is 11.5. The number of rotatable bonds is 2. The van der Waals surface area contributed by atoms with E-state index < -0.39 is 11.6 Å². The molecule has 2 rings (SSSR count). The molecule has 0 aliphatic carbocycles. The lowest BCUT2D eigenvalue weighted by atomic mass is 10.1. The molecule has 16 heavy (non-hydrogen) atoms. The molecule has 82 valence electrons. The maximum absolute atomic E-state index is 13.5. The topological polar surface area (TPSA) is 12.9 Å². The Labute approximate surface area is 97.6 Å². The van der Waals surface area contributed by atoms with Crippen LogP contribution < -0.4 is 0 Å². The van der Waals surface area contributed by atoms with Crippen molar-refractivity contribution in [2.24, 2.45) is 0 Å². The highest BCUT2D eigenvalue weighted by Gasteiger charge is 2.07. The number of hydrogen-bond donors (Lipinski definition) is 1. The molecule has 0 bridgehead atoms. The van der Waals surface area contributed by atoms with E-state index in [0.29, 0.717) is 17.0 Å². The largest absolute Gasteiger partial charge is 0.256 e. The summed E-state index contributed by atoms with van der Waals surface area (Å²) in [5, 5.41) is 0. The molecule has 0 saturated carbocycles. The molecule has 1 heterocycles. The molecule has 0 aliphatic heterocycles. The van der Waals surface area contributed by atoms with Gasteiger partial charge in [0.15, 0.2) is 0 Å². The Balaban J connectivity index is 2.49. The van der Waals surface area contributed by atoms with Crippen LogP contribution in [0.1, 0.15) is 5.56 Å². The fraction of sp³-hybridized carbons (Fsp3) is 0.0833. The highest BCUT2D eigenvalue weighted by atomic mass is 32.1. The number of hydrogen-bond acceptors (Lipinski definition) is 2. The molecule has 0 radical (unpaired) electrons. The molecule has 4 heteroatoms. The Morgan fingerprint density at radius 1 is 1.12 bits per heavy atom. The first-order valence-corrected chi connectivity index (χ1v) is 5.35. The van der Waals surface area contributed by atoms with Crippen molar-refractivity contribution in [3.05, 3.63) is 53.7 Å². The highest BCUT2D eigenvalue weighted by molar-refractivity contribution is 7.79. The third-order valence-electron chi connectivity index (χ3n) is 2.21. The Morgan fingerprint density at radius 2 is 1.94 bits per heavy atom. The van der Waals surface area contributed by atoms with Crippen LogP contribution in [0.3, 0.4) is 0 Å². The summed E-state index contributed by atoms with van der Waals surface area (Å²) in [5.74, 6) is -0.645. The lowest BCUT2D eigenvalue weighted by Crippen LogP contribution is -1.90. The molecule has 0 spiro atoms. The average molecular weight is 237 g/mol. The van der Waals surface area contributed by atoms with Gasteiger partial charge in [-0.25, -0.2) is 8.78 Å². The molecule has 0 aliphatic rings. The predicted molar refractivity (Wildman–Crippen MR) is 62.3 cm³/mol. The molecule has 0 amide bonds. The summed E-state index contributed by atoms with van der Waals surface area (Å²) in [6.45, 7) is 0. The van der Waals surface area contributed by atoms with Gasteiger partial charge in [-0.3, -0.25) is 4.98 Å². The average Bonchev–Trinajstić information content (AvgIpc) is 2.29. The normalized spacial score (nSPS) is 10.4. The summed E-state index contributed by atoms with van der Waals surface area (Å²) in [4.78, 5) is 4.05. The molecule has 1 aromatic heterocycles. The number of pyridine rings is 1. The van der Waals surface area contributed by atoms with Crippen molar-refractivity contribution in [1.82, 2.24) is 4.98 Å². The maximum Gasteiger partial charge on any atom is 0.135 e. The summed E-state index contributed by atoms with van der Waals surface area (Å²) in [7, 11) is 0. The standard InChI is InChI=1S/C12H9F2NS/c13-9-1-2-10(11(14)6-9)12-5-8(7-16)3-4-15-12/h1-6,16H,7H2. The van der Waals surface area contributed by atoms with E-state index in [9.17, 15) is 8.78 Å². The lowest BCUT2D eigenvalue weighted by molar-refractivity contribution is 0.585. The predicted octanol–water partition coefficient (Wildman–Crippen LogP) is 3.46. The number of halogens is 2. The van der Waals surface area contributed by atoms with E-state index in [2.05, 4.69) is 17.6 Å². The van der Waals surface area contributed by atoms with Crippen molar-refractivity contribution in [3.63, 3.8) is 0 Å². The quantitative estimate of drug-likeness (QED) is 0.789. The summed E-state index contributed by atoms with van der Waals surface area (Å²) in [5.41, 5.74) is 1.73. The first-order valence-electron chi connectivity index (χ1n) is 4.72. The van der Waals surface area contributed by atoms with Crippen molar-refractivity contribution in [3.8, 4) is 11.3 Å². The minimum atomic E-state index is -0.608. The van der Waals surface area contributed by atoms with E-state index in [0.717, 1.165) is 11.6 Å². The van der Waals surface area contributed by atoms with Gasteiger partial charge in [0.05, 0.1) is 5.69 Å². The molecule has 0 saturated heterocycles. The first-order chi connectivity index (χ1) is 7.70. The fourth-order valence-corrected chi connectivity index (χ4v) is 1.61. The monoisotopic (exact) mass is 237 g/mol. The van der Waals surface area contributed by atoms with Gasteiger partial charge in [0.2, 0.25) is 0 Å². The Kier molecular flexibility index (Phi) is 3.19. The molecule has 0 unspecified atom stereocenters. The summed E-state index contributed by atoms with van der Waals surface area (Å²) >= 11 is 4.13. The van der Waals surface area contributed by atoms with E-state index in [4.69, 9.17) is 0 Å². The SMILES string of the molecule is Fc1ccc(-c2cc(CS)ccn2)c(F)c1. The van der Waals surface area contributed by atoms with Gasteiger partial charge in [0.25, 0.3) is 0 Å². The van der Waals surface area contributed by atoms with Gasteiger partial charge in [0, 0.05) is 23.6 Å². The fourth-order valence-electron chi connectivity index (χ4n) is 1.42. The maximum atomic E-state index is 13.5. The molecule has 2 aromatic rings. The molecule has 1 nitrogen and oxygen atoms in total. The Morgan fingerprint density at radius 3 is 2.62 bits per heavy atom. The summed E-state index contributed by atoms with van der Waals surface area (Å²) < 4.78 is 26.2. The second kappa shape index (κ2) is 4.61. The lowest BCUT2D eigenvalue weighted by Gasteiger charge is -2.04. The van der Waals surface area contributed by atoms with Gasteiger partial charge in [0.1, 0.15) is 11.6 Å². The third kappa shape index (κ3) is 2.22. The zero-order valence-electron chi connectivity index (χ0n) is 8.32. The van der Waals surface area contributed by atoms with E-state index in [1.165, 1.54) is 12.1 Å². The number of aromatic nitrogens is 1. The van der Waals surface area contributed by atoms with Crippen LogP contribution in [0, 0.1) is 11.6 Å². The van der Waals surface area contributed by atoms with Crippen LogP contribution >= 0.6 is 12.6 Å². The van der Waals surface area contributed by atoms with Gasteiger partial charge in [-0.15, -0.1) is 0 Å². The van der Waals surface area contributed by atoms with Crippen LogP contribution in [-0.2, 0) is 5.75 Å². The first kappa shape index (κ1) is 11.1. The Hall–Kier alpha value is -1.42. The molecular weight excluding hydrogens is 228 g/mol. The summed E-state index contributed by atoms with van der Waals surface area (Å²) in [6.07, 6.45) is 1.59. The van der Waals surface area contributed by atoms with Crippen LogP contribution in [0.2, 0.25) is 0 Å². The second-order valence-corrected chi connectivity index (χ2v) is 3.65. The highest BCUT2D eigenvalue weighted by Crippen LogP contribution is 2.22. The number of nitrogens with zero attached hydrogens (tertiary/aromatic N) is 1. The molecule has 0 fully saturated rings. The number of benzene rings is 1. The minimum Gasteiger partial charge on any atom is -0.256 e. The third-order valence-corrected chi connectivity index (χ3v) is 2.58. The Bertz CT molecular complexity index is 514. The van der Waals surface area contributed by atoms with E-state index >= 15 is 0 Å². The van der Waals surface area contributed by atoms with Gasteiger partial charge in [-0.2, -0.15) is 12.6 Å². The second-order valence-electron chi connectivity index (χ2n) is 3.33. The van der Waals surface area contributed by atoms with Gasteiger partial charge < -0.3 is 0 Å². The van der Waals surface area contributed by atoms with Crippen molar-refractivity contribution in [2.75, 3.05) is 0 Å². The van der Waals surface area contributed by atoms with Crippen LogP contribution in [-0.4, -0.2) is 4.98 Å². The van der Waals surface area contributed by atoms with Gasteiger partial charge in [-0.1, -0.05) is 0 Å². The molecular formula is C12H9F2NS. The van der Waals surface area contributed by atoms with Crippen LogP contribution in [0.4, 0.5) is 8.78 Å². The molecule has 0 atom stereocenters. The van der Waals surface area contributed by atoms with E-state index in [-0.39, 0.29) is 0 Å². The van der Waals surface area contributed by atoms with Gasteiger partial charge >= 0.3 is 0 Å². The minimum absolute atomic E-state index is 0.296. The molecule has 1 aromatic carbocycles. The van der Waals surface area contributed by atoms with Crippen LogP contribution in [0.25, 0.3) is 11.3 Å². The van der Waals surface area contributed by atoms with Crippen molar-refractivity contribution >= 4 is 12.6 Å².